The zero-order valence-electron chi connectivity index (χ0n) is 19.1. The van der Waals surface area contributed by atoms with E-state index in [1.807, 2.05) is 12.1 Å². The van der Waals surface area contributed by atoms with Crippen molar-refractivity contribution in [2.75, 3.05) is 23.4 Å². The molecule has 4 aliphatic rings. The molecule has 10 heteroatoms. The number of carbonyl (C=O) groups excluding carboxylic acids is 2. The van der Waals surface area contributed by atoms with E-state index < -0.39 is 11.7 Å². The lowest BCUT2D eigenvalue weighted by atomic mass is 9.78. The molecule has 35 heavy (non-hydrogen) atoms. The number of nitrogens with two attached hydrogens (primary N) is 1. The SMILES string of the molecule is N#Cc1cccc2c1CC(NC1CCC3(CN(c4ccc5c(n4)NC(=O)CO5)C(=O)O3)C(N)C1)C2. The van der Waals surface area contributed by atoms with Crippen LogP contribution in [0.15, 0.2) is 30.3 Å². The Hall–Kier alpha value is -3.68. The van der Waals surface area contributed by atoms with Gasteiger partial charge in [0.25, 0.3) is 5.91 Å². The normalized spacial score (nSPS) is 29.1. The third-order valence-electron chi connectivity index (χ3n) is 7.59. The van der Waals surface area contributed by atoms with Crippen LogP contribution < -0.4 is 26.0 Å². The number of amides is 2. The first-order valence-electron chi connectivity index (χ1n) is 11.9. The van der Waals surface area contributed by atoms with Gasteiger partial charge in [0, 0.05) is 18.1 Å². The van der Waals surface area contributed by atoms with Gasteiger partial charge < -0.3 is 25.8 Å². The highest BCUT2D eigenvalue weighted by molar-refractivity contribution is 5.95. The van der Waals surface area contributed by atoms with E-state index in [0.29, 0.717) is 36.8 Å². The molecule has 0 bridgehead atoms. The van der Waals surface area contributed by atoms with Crippen LogP contribution in [0.2, 0.25) is 0 Å². The van der Waals surface area contributed by atoms with E-state index in [1.165, 1.54) is 10.5 Å². The molecule has 2 amide bonds. The summed E-state index contributed by atoms with van der Waals surface area (Å²) in [7, 11) is 0. The number of nitriles is 1. The van der Waals surface area contributed by atoms with Crippen LogP contribution in [0.25, 0.3) is 0 Å². The quantitative estimate of drug-likeness (QED) is 0.609. The highest BCUT2D eigenvalue weighted by atomic mass is 16.6. The van der Waals surface area contributed by atoms with Crippen LogP contribution in [-0.4, -0.2) is 53.9 Å². The van der Waals surface area contributed by atoms with Crippen molar-refractivity contribution in [3.63, 3.8) is 0 Å². The second-order valence-corrected chi connectivity index (χ2v) is 9.78. The summed E-state index contributed by atoms with van der Waals surface area (Å²) in [6.45, 7) is 0.250. The van der Waals surface area contributed by atoms with Crippen LogP contribution in [-0.2, 0) is 22.4 Å². The Labute approximate surface area is 202 Å². The first-order chi connectivity index (χ1) is 16.9. The Morgan fingerprint density at radius 3 is 2.94 bits per heavy atom. The lowest BCUT2D eigenvalue weighted by Gasteiger charge is -2.41. The third-order valence-corrected chi connectivity index (χ3v) is 7.59. The summed E-state index contributed by atoms with van der Waals surface area (Å²) in [5.74, 6) is 0.863. The Kier molecular flexibility index (Phi) is 5.12. The number of ether oxygens (including phenoxy) is 2. The fourth-order valence-electron chi connectivity index (χ4n) is 5.80. The predicted molar refractivity (Wildman–Crippen MR) is 126 cm³/mol. The van der Waals surface area contributed by atoms with Crippen molar-refractivity contribution in [2.45, 2.75) is 55.8 Å². The summed E-state index contributed by atoms with van der Waals surface area (Å²) < 4.78 is 11.2. The largest absolute Gasteiger partial charge is 0.480 e. The molecular formula is C25H26N6O4. The van der Waals surface area contributed by atoms with E-state index in [1.54, 1.807) is 12.1 Å². The maximum Gasteiger partial charge on any atom is 0.416 e. The van der Waals surface area contributed by atoms with Gasteiger partial charge in [-0.15, -0.1) is 0 Å². The van der Waals surface area contributed by atoms with Gasteiger partial charge >= 0.3 is 6.09 Å². The van der Waals surface area contributed by atoms with E-state index in [4.69, 9.17) is 15.2 Å². The minimum Gasteiger partial charge on any atom is -0.480 e. The van der Waals surface area contributed by atoms with Gasteiger partial charge in [-0.1, -0.05) is 12.1 Å². The molecular weight excluding hydrogens is 448 g/mol. The van der Waals surface area contributed by atoms with Crippen molar-refractivity contribution in [3.8, 4) is 11.8 Å². The minimum atomic E-state index is -0.779. The van der Waals surface area contributed by atoms with Gasteiger partial charge in [-0.3, -0.25) is 9.69 Å². The molecule has 2 aliphatic carbocycles. The van der Waals surface area contributed by atoms with E-state index in [0.717, 1.165) is 30.4 Å². The van der Waals surface area contributed by atoms with Crippen molar-refractivity contribution in [1.82, 2.24) is 10.3 Å². The molecule has 1 saturated heterocycles. The average Bonchev–Trinajstić information content (AvgIpc) is 3.41. The number of benzene rings is 1. The molecule has 4 unspecified atom stereocenters. The number of pyridine rings is 1. The van der Waals surface area contributed by atoms with Gasteiger partial charge in [0.15, 0.2) is 18.2 Å². The van der Waals surface area contributed by atoms with Crippen LogP contribution in [0, 0.1) is 11.3 Å². The molecule has 2 aliphatic heterocycles. The fourth-order valence-corrected chi connectivity index (χ4v) is 5.80. The number of nitrogens with one attached hydrogen (secondary N) is 2. The molecule has 180 valence electrons. The zero-order chi connectivity index (χ0) is 24.2. The van der Waals surface area contributed by atoms with Crippen LogP contribution in [0.1, 0.15) is 36.0 Å². The molecule has 3 heterocycles. The van der Waals surface area contributed by atoms with E-state index in [-0.39, 0.29) is 30.6 Å². The van der Waals surface area contributed by atoms with Crippen molar-refractivity contribution >= 4 is 23.6 Å². The Bertz CT molecular complexity index is 1260. The summed E-state index contributed by atoms with van der Waals surface area (Å²) >= 11 is 0. The molecule has 4 atom stereocenters. The number of hydrogen-bond acceptors (Lipinski definition) is 8. The lowest BCUT2D eigenvalue weighted by Crippen LogP contribution is -2.58. The minimum absolute atomic E-state index is 0.0562. The third kappa shape index (κ3) is 3.77. The van der Waals surface area contributed by atoms with Crippen molar-refractivity contribution < 1.29 is 19.1 Å². The molecule has 2 fully saturated rings. The Morgan fingerprint density at radius 1 is 1.23 bits per heavy atom. The Morgan fingerprint density at radius 2 is 2.11 bits per heavy atom. The molecule has 1 spiro atoms. The Balaban J connectivity index is 1.11. The molecule has 2 aromatic rings. The first kappa shape index (κ1) is 21.8. The summed E-state index contributed by atoms with van der Waals surface area (Å²) in [5, 5.41) is 15.8. The molecule has 4 N–H and O–H groups in total. The van der Waals surface area contributed by atoms with Crippen LogP contribution in [0.3, 0.4) is 0 Å². The zero-order valence-corrected chi connectivity index (χ0v) is 19.1. The van der Waals surface area contributed by atoms with Crippen LogP contribution in [0.5, 0.6) is 5.75 Å². The molecule has 1 saturated carbocycles. The summed E-state index contributed by atoms with van der Waals surface area (Å²) in [6.07, 6.45) is 3.40. The second-order valence-electron chi connectivity index (χ2n) is 9.78. The van der Waals surface area contributed by atoms with Crippen molar-refractivity contribution in [3.05, 3.63) is 47.0 Å². The predicted octanol–water partition coefficient (Wildman–Crippen LogP) is 1.62. The first-order valence-corrected chi connectivity index (χ1v) is 11.9. The monoisotopic (exact) mass is 474 g/mol. The van der Waals surface area contributed by atoms with Gasteiger partial charge in [0.05, 0.1) is 18.2 Å². The summed E-state index contributed by atoms with van der Waals surface area (Å²) in [5.41, 5.74) is 8.97. The van der Waals surface area contributed by atoms with Gasteiger partial charge in [-0.25, -0.2) is 9.78 Å². The van der Waals surface area contributed by atoms with Gasteiger partial charge in [-0.05, 0) is 61.4 Å². The van der Waals surface area contributed by atoms with E-state index >= 15 is 0 Å². The van der Waals surface area contributed by atoms with Crippen LogP contribution in [0.4, 0.5) is 16.4 Å². The second kappa shape index (κ2) is 8.22. The standard InChI is InChI=1S/C25H26N6O4/c26-11-15-3-1-2-14-8-17(9-18(14)15)28-16-6-7-25(20(27)10-16)13-31(24(33)35-25)21-5-4-19-23(29-21)30-22(32)12-34-19/h1-5,16-17,20,28H,6-10,12-13,27H2,(H,29,30,32). The van der Waals surface area contributed by atoms with Gasteiger partial charge in [0.2, 0.25) is 0 Å². The van der Waals surface area contributed by atoms with Crippen molar-refractivity contribution in [2.24, 2.45) is 5.73 Å². The van der Waals surface area contributed by atoms with Crippen molar-refractivity contribution in [1.29, 1.82) is 5.26 Å². The number of anilines is 2. The number of fused-ring (bicyclic) bond motifs is 2. The maximum absolute atomic E-state index is 12.8. The van der Waals surface area contributed by atoms with Gasteiger partial charge in [-0.2, -0.15) is 5.26 Å². The average molecular weight is 475 g/mol. The molecule has 1 aromatic carbocycles. The summed E-state index contributed by atoms with van der Waals surface area (Å²) in [4.78, 5) is 30.3. The number of hydrogen-bond donors (Lipinski definition) is 3. The molecule has 6 rings (SSSR count). The van der Waals surface area contributed by atoms with Gasteiger partial charge in [0.1, 0.15) is 11.4 Å². The lowest BCUT2D eigenvalue weighted by molar-refractivity contribution is -0.118. The molecule has 10 nitrogen and oxygen atoms in total. The highest BCUT2D eigenvalue weighted by Gasteiger charge is 2.53. The number of aromatic nitrogens is 1. The summed E-state index contributed by atoms with van der Waals surface area (Å²) in [6, 6.07) is 11.7. The molecule has 1 aromatic heterocycles. The number of rotatable bonds is 3. The number of carbonyl (C=O) groups is 2. The maximum atomic E-state index is 12.8. The van der Waals surface area contributed by atoms with E-state index in [9.17, 15) is 14.9 Å². The van der Waals surface area contributed by atoms with E-state index in [2.05, 4.69) is 27.8 Å². The molecule has 0 radical (unpaired) electrons. The van der Waals surface area contributed by atoms with Crippen LogP contribution >= 0.6 is 0 Å². The fraction of sp³-hybridized carbons (Fsp3) is 0.440. The smallest absolute Gasteiger partial charge is 0.416 e. The highest BCUT2D eigenvalue weighted by Crippen LogP contribution is 2.39. The number of nitrogens with zero attached hydrogens (tertiary/aromatic N) is 3. The topological polar surface area (TPSA) is 143 Å².